The van der Waals surface area contributed by atoms with Crippen LogP contribution in [-0.4, -0.2) is 77.1 Å². The first-order valence-corrected chi connectivity index (χ1v) is 17.1. The number of methoxy groups -OCH3 is 2. The molecular weight excluding hydrogens is 608 g/mol. The fraction of sp³-hybridized carbons (Fsp3) is 0.622. The summed E-state index contributed by atoms with van der Waals surface area (Å²) in [4.78, 5) is 17.8. The second-order valence-electron chi connectivity index (χ2n) is 14.3. The second kappa shape index (κ2) is 18.9. The van der Waals surface area contributed by atoms with Crippen LogP contribution in [0.3, 0.4) is 0 Å². The third-order valence-corrected chi connectivity index (χ3v) is 8.92. The van der Waals surface area contributed by atoms with Crippen molar-refractivity contribution < 1.29 is 24.1 Å². The first-order valence-electron chi connectivity index (χ1n) is 17.1. The minimum Gasteiger partial charge on any atom is -0.493 e. The molecule has 0 aliphatic carbocycles. The number of carbonyl (C=O) groups excluding carboxylic acids is 1. The number of pyridine rings is 1. The van der Waals surface area contributed by atoms with Gasteiger partial charge in [0.05, 0.1) is 31.7 Å². The molecule has 4 atom stereocenters. The maximum atomic E-state index is 13.5. The average Bonchev–Trinajstić information content (AvgIpc) is 3.52. The summed E-state index contributed by atoms with van der Waals surface area (Å²) in [6, 6.07) is 11.2. The maximum Gasteiger partial charge on any atom is 0.223 e. The molecule has 2 heterocycles. The van der Waals surface area contributed by atoms with Gasteiger partial charge in [-0.3, -0.25) is 14.5 Å². The molecule has 3 aromatic rings. The van der Waals surface area contributed by atoms with Crippen molar-refractivity contribution >= 4 is 5.91 Å². The summed E-state index contributed by atoms with van der Waals surface area (Å²) in [6.45, 7) is 14.7. The Morgan fingerprint density at radius 1 is 1.02 bits per heavy atom. The van der Waals surface area contributed by atoms with Crippen molar-refractivity contribution in [2.24, 2.45) is 34.8 Å². The Morgan fingerprint density at radius 3 is 2.44 bits per heavy atom. The van der Waals surface area contributed by atoms with Gasteiger partial charge in [-0.15, -0.1) is 5.10 Å². The van der Waals surface area contributed by atoms with Crippen LogP contribution in [0.1, 0.15) is 66.4 Å². The lowest BCUT2D eigenvalue weighted by Gasteiger charge is -2.31. The predicted molar refractivity (Wildman–Crippen MR) is 189 cm³/mol. The lowest BCUT2D eigenvalue weighted by atomic mass is 9.80. The fourth-order valence-corrected chi connectivity index (χ4v) is 5.82. The largest absolute Gasteiger partial charge is 0.493 e. The molecule has 3 rings (SSSR count). The van der Waals surface area contributed by atoms with E-state index in [9.17, 15) is 9.90 Å². The Balaban J connectivity index is 1.56. The highest BCUT2D eigenvalue weighted by Crippen LogP contribution is 2.32. The highest BCUT2D eigenvalue weighted by atomic mass is 16.5. The molecule has 1 amide bonds. The number of benzene rings is 1. The summed E-state index contributed by atoms with van der Waals surface area (Å²) < 4.78 is 18.4. The molecule has 266 valence electrons. The van der Waals surface area contributed by atoms with Crippen molar-refractivity contribution in [3.63, 3.8) is 0 Å². The molecule has 11 nitrogen and oxygen atoms in total. The molecule has 2 aromatic heterocycles. The SMILES string of the molecule is COCCCOc1cc(C[C@@H](C[C@H](N)[C@@H](O)C[C@H](C(=O)NCC(C)(C)Cn2cc(-c3ccccn3)nn2)C(C)C)C(C)C)ccc1OC. The van der Waals surface area contributed by atoms with Crippen LogP contribution in [0.4, 0.5) is 0 Å². The van der Waals surface area contributed by atoms with Gasteiger partial charge in [0.25, 0.3) is 0 Å². The molecule has 11 heteroatoms. The van der Waals surface area contributed by atoms with Crippen molar-refractivity contribution in [1.82, 2.24) is 25.3 Å². The number of ether oxygens (including phenoxy) is 3. The third kappa shape index (κ3) is 12.2. The minimum atomic E-state index is -0.812. The van der Waals surface area contributed by atoms with Crippen molar-refractivity contribution in [2.75, 3.05) is 34.0 Å². The number of nitrogens with two attached hydrogens (primary N) is 1. The van der Waals surface area contributed by atoms with Crippen LogP contribution in [0.2, 0.25) is 0 Å². The van der Waals surface area contributed by atoms with Crippen LogP contribution in [-0.2, 0) is 22.5 Å². The third-order valence-electron chi connectivity index (χ3n) is 8.92. The van der Waals surface area contributed by atoms with Gasteiger partial charge in [-0.2, -0.15) is 0 Å². The first kappa shape index (κ1) is 38.9. The van der Waals surface area contributed by atoms with Crippen LogP contribution in [0.5, 0.6) is 11.5 Å². The van der Waals surface area contributed by atoms with E-state index in [1.54, 1.807) is 25.1 Å². The first-order chi connectivity index (χ1) is 22.8. The Morgan fingerprint density at radius 2 is 1.79 bits per heavy atom. The van der Waals surface area contributed by atoms with E-state index >= 15 is 0 Å². The van der Waals surface area contributed by atoms with E-state index in [2.05, 4.69) is 54.4 Å². The standard InChI is InChI=1S/C37H58N6O5/c1-25(2)28(18-27-13-14-34(47-8)35(19-27)48-17-11-16-46-7)20-30(38)33(44)21-29(26(3)4)36(45)40-23-37(5,6)24-43-22-32(41-42-43)31-12-9-10-15-39-31/h9-10,12-15,19,22,25-26,28-30,33,44H,11,16-18,20-21,23-24,38H2,1-8H3,(H,40,45)/t28-,29-,30-,33-/m0/s1. The van der Waals surface area contributed by atoms with Gasteiger partial charge in [0, 0.05) is 56.8 Å². The number of hydrogen-bond acceptors (Lipinski definition) is 9. The molecule has 0 unspecified atom stereocenters. The summed E-state index contributed by atoms with van der Waals surface area (Å²) in [5.74, 6) is 1.56. The summed E-state index contributed by atoms with van der Waals surface area (Å²) in [7, 11) is 3.31. The number of rotatable bonds is 21. The molecular formula is C37H58N6O5. The number of carbonyl (C=O) groups is 1. The van der Waals surface area contributed by atoms with Crippen LogP contribution in [0, 0.1) is 29.1 Å². The fourth-order valence-electron chi connectivity index (χ4n) is 5.82. The number of nitrogens with one attached hydrogen (secondary N) is 1. The van der Waals surface area contributed by atoms with Gasteiger partial charge in [0.1, 0.15) is 5.69 Å². The highest BCUT2D eigenvalue weighted by molar-refractivity contribution is 5.79. The molecule has 0 aliphatic heterocycles. The topological polar surface area (TPSA) is 147 Å². The van der Waals surface area contributed by atoms with E-state index in [-0.39, 0.29) is 29.1 Å². The second-order valence-corrected chi connectivity index (χ2v) is 14.3. The molecule has 0 fully saturated rings. The van der Waals surface area contributed by atoms with Gasteiger partial charge in [-0.25, -0.2) is 0 Å². The zero-order valence-electron chi connectivity index (χ0n) is 30.2. The molecule has 0 spiro atoms. The van der Waals surface area contributed by atoms with E-state index in [4.69, 9.17) is 19.9 Å². The summed E-state index contributed by atoms with van der Waals surface area (Å²) in [6.07, 6.45) is 5.29. The Bertz CT molecular complexity index is 1380. The quantitative estimate of drug-likeness (QED) is 0.131. The number of aliphatic hydroxyl groups excluding tert-OH is 1. The van der Waals surface area contributed by atoms with E-state index < -0.39 is 12.1 Å². The van der Waals surface area contributed by atoms with Crippen LogP contribution in [0.15, 0.2) is 48.8 Å². The number of hydrogen-bond donors (Lipinski definition) is 3. The average molecular weight is 667 g/mol. The van der Waals surface area contributed by atoms with Crippen molar-refractivity contribution in [3.05, 3.63) is 54.4 Å². The molecule has 0 saturated heterocycles. The smallest absolute Gasteiger partial charge is 0.223 e. The zero-order valence-corrected chi connectivity index (χ0v) is 30.2. The molecule has 4 N–H and O–H groups in total. The van der Waals surface area contributed by atoms with Gasteiger partial charge >= 0.3 is 0 Å². The maximum absolute atomic E-state index is 13.5. The molecule has 48 heavy (non-hydrogen) atoms. The summed E-state index contributed by atoms with van der Waals surface area (Å²) in [5, 5.41) is 22.9. The molecule has 0 aliphatic rings. The monoisotopic (exact) mass is 666 g/mol. The van der Waals surface area contributed by atoms with Crippen LogP contribution >= 0.6 is 0 Å². The highest BCUT2D eigenvalue weighted by Gasteiger charge is 2.31. The summed E-state index contributed by atoms with van der Waals surface area (Å²) in [5.41, 5.74) is 8.95. The molecule has 1 aromatic carbocycles. The van der Waals surface area contributed by atoms with E-state index in [1.807, 2.05) is 50.4 Å². The van der Waals surface area contributed by atoms with Crippen molar-refractivity contribution in [1.29, 1.82) is 0 Å². The number of aromatic nitrogens is 4. The van der Waals surface area contributed by atoms with Gasteiger partial charge in [-0.05, 0) is 66.8 Å². The van der Waals surface area contributed by atoms with E-state index in [1.165, 1.54) is 0 Å². The van der Waals surface area contributed by atoms with Gasteiger partial charge < -0.3 is 30.4 Å². The number of aliphatic hydroxyl groups is 1. The molecule has 0 saturated carbocycles. The van der Waals surface area contributed by atoms with E-state index in [0.29, 0.717) is 62.3 Å². The Labute approximate surface area is 287 Å². The Hall–Kier alpha value is -3.54. The normalized spacial score (nSPS) is 14.5. The Kier molecular flexibility index (Phi) is 15.3. The number of nitrogens with zero attached hydrogens (tertiary/aromatic N) is 4. The van der Waals surface area contributed by atoms with Gasteiger partial charge in [0.15, 0.2) is 11.5 Å². The van der Waals surface area contributed by atoms with E-state index in [0.717, 1.165) is 24.1 Å². The predicted octanol–water partition coefficient (Wildman–Crippen LogP) is 5.16. The lowest BCUT2D eigenvalue weighted by Crippen LogP contribution is -2.44. The van der Waals surface area contributed by atoms with Gasteiger partial charge in [0.2, 0.25) is 5.91 Å². The van der Waals surface area contributed by atoms with Gasteiger partial charge in [-0.1, -0.05) is 58.9 Å². The number of amides is 1. The molecule has 0 radical (unpaired) electrons. The van der Waals surface area contributed by atoms with Crippen molar-refractivity contribution in [2.45, 2.75) is 85.9 Å². The molecule has 0 bridgehead atoms. The van der Waals surface area contributed by atoms with Crippen molar-refractivity contribution in [3.8, 4) is 22.9 Å². The van der Waals surface area contributed by atoms with Crippen LogP contribution in [0.25, 0.3) is 11.4 Å². The minimum absolute atomic E-state index is 0.0358. The zero-order chi connectivity index (χ0) is 35.3. The summed E-state index contributed by atoms with van der Waals surface area (Å²) >= 11 is 0. The van der Waals surface area contributed by atoms with Crippen LogP contribution < -0.4 is 20.5 Å². The lowest BCUT2D eigenvalue weighted by molar-refractivity contribution is -0.128.